The van der Waals surface area contributed by atoms with Gasteiger partial charge in [-0.3, -0.25) is 4.98 Å². The third-order valence-electron chi connectivity index (χ3n) is 4.79. The minimum atomic E-state index is -0.906. The highest BCUT2D eigenvalue weighted by atomic mass is 28.3. The molecule has 102 valence electrons. The van der Waals surface area contributed by atoms with E-state index in [2.05, 4.69) is 44.8 Å². The van der Waals surface area contributed by atoms with Gasteiger partial charge >= 0.3 is 0 Å². The van der Waals surface area contributed by atoms with E-state index in [4.69, 9.17) is 0 Å². The molecule has 0 aromatic carbocycles. The van der Waals surface area contributed by atoms with E-state index in [1.54, 1.807) is 0 Å². The number of pyridine rings is 1. The van der Waals surface area contributed by atoms with Gasteiger partial charge in [0.2, 0.25) is 0 Å². The van der Waals surface area contributed by atoms with Crippen LogP contribution < -0.4 is 0 Å². The Morgan fingerprint density at radius 1 is 1.11 bits per heavy atom. The van der Waals surface area contributed by atoms with Crippen LogP contribution in [0.2, 0.25) is 24.2 Å². The van der Waals surface area contributed by atoms with Crippen LogP contribution in [0.4, 0.5) is 0 Å². The molecule has 0 amide bonds. The summed E-state index contributed by atoms with van der Waals surface area (Å²) >= 11 is 0. The van der Waals surface area contributed by atoms with Crippen LogP contribution in [-0.4, -0.2) is 13.1 Å². The van der Waals surface area contributed by atoms with Gasteiger partial charge in [-0.25, -0.2) is 0 Å². The second kappa shape index (κ2) is 7.73. The second-order valence-electron chi connectivity index (χ2n) is 5.61. The van der Waals surface area contributed by atoms with Crippen molar-refractivity contribution >= 4 is 8.07 Å². The molecule has 0 saturated carbocycles. The molecule has 0 saturated heterocycles. The van der Waals surface area contributed by atoms with Gasteiger partial charge in [-0.2, -0.15) is 0 Å². The van der Waals surface area contributed by atoms with Crippen LogP contribution in [0.25, 0.3) is 0 Å². The molecule has 1 heterocycles. The molecule has 0 N–H and O–H groups in total. The van der Waals surface area contributed by atoms with Crippen molar-refractivity contribution in [2.75, 3.05) is 0 Å². The number of hydrogen-bond acceptors (Lipinski definition) is 1. The predicted octanol–water partition coefficient (Wildman–Crippen LogP) is 5.47. The first-order valence-corrected chi connectivity index (χ1v) is 10.4. The van der Waals surface area contributed by atoms with Crippen LogP contribution in [0, 0.1) is 0 Å². The molecule has 1 nitrogen and oxygen atoms in total. The lowest BCUT2D eigenvalue weighted by Crippen LogP contribution is -2.30. The Morgan fingerprint density at radius 3 is 2.28 bits per heavy atom. The highest BCUT2D eigenvalue weighted by Crippen LogP contribution is 2.29. The first kappa shape index (κ1) is 15.4. The highest BCUT2D eigenvalue weighted by Gasteiger charge is 2.25. The molecule has 0 aliphatic rings. The molecule has 0 spiro atoms. The number of aromatic nitrogens is 1. The van der Waals surface area contributed by atoms with Crippen LogP contribution >= 0.6 is 0 Å². The van der Waals surface area contributed by atoms with Gasteiger partial charge in [0, 0.05) is 11.9 Å². The third kappa shape index (κ3) is 4.24. The Labute approximate surface area is 114 Å². The maximum Gasteiger partial charge on any atom is 0.0527 e. The van der Waals surface area contributed by atoms with Gasteiger partial charge in [-0.1, -0.05) is 64.4 Å². The lowest BCUT2D eigenvalue weighted by Gasteiger charge is -2.28. The maximum atomic E-state index is 4.47. The van der Waals surface area contributed by atoms with Crippen LogP contribution in [0.3, 0.4) is 0 Å². The predicted molar refractivity (Wildman–Crippen MR) is 83.9 cm³/mol. The Bertz CT molecular complexity index is 311. The SMILES string of the molecule is CC[Si](CC)(CC)CCCC(C)c1ccccn1. The molecule has 0 fully saturated rings. The molecule has 18 heavy (non-hydrogen) atoms. The van der Waals surface area contributed by atoms with Gasteiger partial charge in [-0.05, 0) is 24.5 Å². The summed E-state index contributed by atoms with van der Waals surface area (Å²) in [7, 11) is -0.906. The molecule has 0 aliphatic carbocycles. The first-order chi connectivity index (χ1) is 8.67. The Morgan fingerprint density at radius 2 is 1.78 bits per heavy atom. The van der Waals surface area contributed by atoms with E-state index in [9.17, 15) is 0 Å². The van der Waals surface area contributed by atoms with Crippen molar-refractivity contribution in [2.45, 2.75) is 70.6 Å². The Hall–Kier alpha value is -0.633. The van der Waals surface area contributed by atoms with Gasteiger partial charge in [-0.15, -0.1) is 0 Å². The quantitative estimate of drug-likeness (QED) is 0.566. The zero-order chi connectivity index (χ0) is 13.4. The van der Waals surface area contributed by atoms with Crippen molar-refractivity contribution < 1.29 is 0 Å². The number of hydrogen-bond donors (Lipinski definition) is 0. The summed E-state index contributed by atoms with van der Waals surface area (Å²) in [4.78, 5) is 4.47. The fraction of sp³-hybridized carbons (Fsp3) is 0.688. The first-order valence-electron chi connectivity index (χ1n) is 7.58. The van der Waals surface area contributed by atoms with Crippen molar-refractivity contribution in [3.8, 4) is 0 Å². The smallest absolute Gasteiger partial charge is 0.0527 e. The molecule has 1 aromatic heterocycles. The van der Waals surface area contributed by atoms with Crippen molar-refractivity contribution in [1.29, 1.82) is 0 Å². The Balaban J connectivity index is 2.42. The van der Waals surface area contributed by atoms with Gasteiger partial charge in [0.05, 0.1) is 8.07 Å². The zero-order valence-corrected chi connectivity index (χ0v) is 13.6. The van der Waals surface area contributed by atoms with Gasteiger partial charge in [0.15, 0.2) is 0 Å². The number of nitrogens with zero attached hydrogens (tertiary/aromatic N) is 1. The molecule has 1 aromatic rings. The lowest BCUT2D eigenvalue weighted by molar-refractivity contribution is 0.641. The van der Waals surface area contributed by atoms with Crippen LogP contribution in [0.15, 0.2) is 24.4 Å². The van der Waals surface area contributed by atoms with E-state index in [-0.39, 0.29) is 0 Å². The van der Waals surface area contributed by atoms with Crippen molar-refractivity contribution in [2.24, 2.45) is 0 Å². The monoisotopic (exact) mass is 263 g/mol. The Kier molecular flexibility index (Phi) is 6.62. The lowest BCUT2D eigenvalue weighted by atomic mass is 10.0. The molecule has 1 rings (SSSR count). The summed E-state index contributed by atoms with van der Waals surface area (Å²) in [5.41, 5.74) is 1.26. The van der Waals surface area contributed by atoms with Crippen LogP contribution in [0.1, 0.15) is 52.1 Å². The zero-order valence-electron chi connectivity index (χ0n) is 12.6. The van der Waals surface area contributed by atoms with E-state index >= 15 is 0 Å². The van der Waals surface area contributed by atoms with E-state index in [1.807, 2.05) is 12.3 Å². The minimum absolute atomic E-state index is 0.614. The maximum absolute atomic E-state index is 4.47. The van der Waals surface area contributed by atoms with E-state index < -0.39 is 8.07 Å². The summed E-state index contributed by atoms with van der Waals surface area (Å²) < 4.78 is 0. The van der Waals surface area contributed by atoms with E-state index in [0.717, 1.165) is 0 Å². The third-order valence-corrected chi connectivity index (χ3v) is 10.7. The molecule has 2 heteroatoms. The van der Waals surface area contributed by atoms with Gasteiger partial charge < -0.3 is 0 Å². The highest BCUT2D eigenvalue weighted by molar-refractivity contribution is 6.79. The van der Waals surface area contributed by atoms with E-state index in [1.165, 1.54) is 42.7 Å². The van der Waals surface area contributed by atoms with Gasteiger partial charge in [0.25, 0.3) is 0 Å². The van der Waals surface area contributed by atoms with E-state index in [0.29, 0.717) is 5.92 Å². The fourth-order valence-electron chi connectivity index (χ4n) is 2.88. The summed E-state index contributed by atoms with van der Waals surface area (Å²) in [6, 6.07) is 12.1. The average Bonchev–Trinajstić information content (AvgIpc) is 2.45. The fourth-order valence-corrected chi connectivity index (χ4v) is 6.39. The van der Waals surface area contributed by atoms with Crippen LogP contribution in [-0.2, 0) is 0 Å². The van der Waals surface area contributed by atoms with Crippen molar-refractivity contribution in [1.82, 2.24) is 4.98 Å². The molecule has 1 atom stereocenters. The standard InChI is InChI=1S/C16H29NSi/c1-5-18(6-2,7-3)14-10-11-15(4)16-12-8-9-13-17-16/h8-9,12-13,15H,5-7,10-11,14H2,1-4H3. The summed E-state index contributed by atoms with van der Waals surface area (Å²) in [5.74, 6) is 0.614. The largest absolute Gasteiger partial charge is 0.261 e. The average molecular weight is 264 g/mol. The van der Waals surface area contributed by atoms with Gasteiger partial charge in [0.1, 0.15) is 0 Å². The van der Waals surface area contributed by atoms with Crippen LogP contribution in [0.5, 0.6) is 0 Å². The molecule has 0 bridgehead atoms. The molecular weight excluding hydrogens is 234 g/mol. The topological polar surface area (TPSA) is 12.9 Å². The molecule has 0 aliphatic heterocycles. The number of rotatable bonds is 8. The summed E-state index contributed by atoms with van der Waals surface area (Å²) in [5, 5.41) is 0. The second-order valence-corrected chi connectivity index (χ2v) is 11.2. The van der Waals surface area contributed by atoms with Crippen molar-refractivity contribution in [3.05, 3.63) is 30.1 Å². The normalized spacial score (nSPS) is 13.6. The van der Waals surface area contributed by atoms with Crippen molar-refractivity contribution in [3.63, 3.8) is 0 Å². The molecule has 1 unspecified atom stereocenters. The molecular formula is C16H29NSi. The summed E-state index contributed by atoms with van der Waals surface area (Å²) in [6.45, 7) is 9.53. The minimum Gasteiger partial charge on any atom is -0.261 e. The molecule has 0 radical (unpaired) electrons. The summed E-state index contributed by atoms with van der Waals surface area (Å²) in [6.07, 6.45) is 4.60.